The summed E-state index contributed by atoms with van der Waals surface area (Å²) in [6, 6.07) is 0. The molecule has 0 atom stereocenters. The molecule has 4 heteroatoms. The van der Waals surface area contributed by atoms with E-state index in [1.54, 1.807) is 13.8 Å². The van der Waals surface area contributed by atoms with Crippen LogP contribution in [0.5, 0.6) is 0 Å². The van der Waals surface area contributed by atoms with Crippen LogP contribution in [0.25, 0.3) is 0 Å². The number of hydrogen-bond donors (Lipinski definition) is 3. The average Bonchev–Trinajstić information content (AvgIpc) is 1.84. The van der Waals surface area contributed by atoms with Crippen LogP contribution in [0.4, 0.5) is 0 Å². The fourth-order valence-corrected chi connectivity index (χ4v) is 0.597. The first-order chi connectivity index (χ1) is 4.86. The Kier molecular flexibility index (Phi) is 3.48. The molecule has 0 radical (unpaired) electrons. The van der Waals surface area contributed by atoms with Crippen molar-refractivity contribution in [1.82, 2.24) is 0 Å². The smallest absolute Gasteiger partial charge is 0.309 e. The molecule has 0 aliphatic carbocycles. The molecule has 0 saturated heterocycles. The van der Waals surface area contributed by atoms with E-state index in [9.17, 15) is 4.79 Å². The van der Waals surface area contributed by atoms with Gasteiger partial charge in [-0.1, -0.05) is 0 Å². The zero-order valence-corrected chi connectivity index (χ0v) is 6.74. The number of carbonyl (C=O) groups is 1. The Bertz CT molecular complexity index is 139. The minimum atomic E-state index is -1.41. The first-order valence-corrected chi connectivity index (χ1v) is 3.46. The zero-order chi connectivity index (χ0) is 9.07. The lowest BCUT2D eigenvalue weighted by Gasteiger charge is -2.18. The molecule has 66 valence electrons. The van der Waals surface area contributed by atoms with Gasteiger partial charge in [-0.3, -0.25) is 4.79 Å². The lowest BCUT2D eigenvalue weighted by Crippen LogP contribution is -2.25. The molecule has 0 aromatic heterocycles. The van der Waals surface area contributed by atoms with Gasteiger partial charge in [0.2, 0.25) is 0 Å². The van der Waals surface area contributed by atoms with Gasteiger partial charge < -0.3 is 15.3 Å². The Labute approximate surface area is 65.5 Å². The summed E-state index contributed by atoms with van der Waals surface area (Å²) in [5.41, 5.74) is -0.871. The molecule has 0 amide bonds. The molecular weight excluding hydrogens is 148 g/mol. The van der Waals surface area contributed by atoms with Gasteiger partial charge in [0.1, 0.15) is 0 Å². The van der Waals surface area contributed by atoms with Crippen LogP contribution < -0.4 is 0 Å². The van der Waals surface area contributed by atoms with E-state index in [4.69, 9.17) is 15.3 Å². The van der Waals surface area contributed by atoms with Crippen molar-refractivity contribution in [2.75, 3.05) is 0 Å². The highest BCUT2D eigenvalue weighted by molar-refractivity contribution is 5.73. The molecule has 11 heavy (non-hydrogen) atoms. The van der Waals surface area contributed by atoms with Gasteiger partial charge >= 0.3 is 5.97 Å². The summed E-state index contributed by atoms with van der Waals surface area (Å²) in [7, 11) is 0. The number of aliphatic hydroxyl groups excluding tert-OH is 1. The van der Waals surface area contributed by atoms with E-state index in [0.29, 0.717) is 0 Å². The third-order valence-electron chi connectivity index (χ3n) is 1.61. The van der Waals surface area contributed by atoms with Gasteiger partial charge in [-0.05, 0) is 26.7 Å². The quantitative estimate of drug-likeness (QED) is 0.515. The molecule has 0 aliphatic rings. The SMILES string of the molecule is CC(C)(CCC(O)O)C(=O)O. The van der Waals surface area contributed by atoms with E-state index in [2.05, 4.69) is 0 Å². The van der Waals surface area contributed by atoms with Gasteiger partial charge in [0, 0.05) is 0 Å². The highest BCUT2D eigenvalue weighted by Crippen LogP contribution is 2.22. The fourth-order valence-electron chi connectivity index (χ4n) is 0.597. The van der Waals surface area contributed by atoms with E-state index < -0.39 is 17.7 Å². The summed E-state index contributed by atoms with van der Waals surface area (Å²) in [4.78, 5) is 10.5. The van der Waals surface area contributed by atoms with Crippen LogP contribution in [0, 0.1) is 5.41 Å². The highest BCUT2D eigenvalue weighted by Gasteiger charge is 2.27. The molecule has 4 nitrogen and oxygen atoms in total. The Morgan fingerprint density at radius 1 is 1.45 bits per heavy atom. The number of carboxylic acids is 1. The van der Waals surface area contributed by atoms with Crippen LogP contribution in [0.15, 0.2) is 0 Å². The highest BCUT2D eigenvalue weighted by atomic mass is 16.5. The minimum absolute atomic E-state index is 0.0965. The molecule has 0 heterocycles. The Balaban J connectivity index is 3.83. The van der Waals surface area contributed by atoms with Gasteiger partial charge in [-0.2, -0.15) is 0 Å². The van der Waals surface area contributed by atoms with Crippen molar-refractivity contribution < 1.29 is 20.1 Å². The summed E-state index contributed by atoms with van der Waals surface area (Å²) in [6.07, 6.45) is -1.05. The number of rotatable bonds is 4. The summed E-state index contributed by atoms with van der Waals surface area (Å²) in [5, 5.41) is 25.5. The standard InChI is InChI=1S/C7H14O4/c1-7(2,6(10)11)4-3-5(8)9/h5,8-9H,3-4H2,1-2H3,(H,10,11). The van der Waals surface area contributed by atoms with Gasteiger partial charge in [-0.25, -0.2) is 0 Å². The average molecular weight is 162 g/mol. The second kappa shape index (κ2) is 3.69. The number of hydrogen-bond acceptors (Lipinski definition) is 3. The molecular formula is C7H14O4. The summed E-state index contributed by atoms with van der Waals surface area (Å²) in [6.45, 7) is 3.11. The molecule has 0 bridgehead atoms. The van der Waals surface area contributed by atoms with Gasteiger partial charge in [-0.15, -0.1) is 0 Å². The van der Waals surface area contributed by atoms with Crippen molar-refractivity contribution in [3.63, 3.8) is 0 Å². The second-order valence-corrected chi connectivity index (χ2v) is 3.21. The first-order valence-electron chi connectivity index (χ1n) is 3.46. The number of aliphatic carboxylic acids is 1. The summed E-state index contributed by atoms with van der Waals surface area (Å²) >= 11 is 0. The lowest BCUT2D eigenvalue weighted by atomic mass is 9.88. The van der Waals surface area contributed by atoms with E-state index in [0.717, 1.165) is 0 Å². The topological polar surface area (TPSA) is 77.8 Å². The van der Waals surface area contributed by atoms with Gasteiger partial charge in [0.15, 0.2) is 6.29 Å². The van der Waals surface area contributed by atoms with Crippen LogP contribution in [0.2, 0.25) is 0 Å². The Morgan fingerprint density at radius 3 is 2.18 bits per heavy atom. The lowest BCUT2D eigenvalue weighted by molar-refractivity contribution is -0.148. The van der Waals surface area contributed by atoms with Crippen LogP contribution in [0.1, 0.15) is 26.7 Å². The Hall–Kier alpha value is -0.610. The molecule has 0 aromatic carbocycles. The van der Waals surface area contributed by atoms with Crippen molar-refractivity contribution >= 4 is 5.97 Å². The summed E-state index contributed by atoms with van der Waals surface area (Å²) in [5.74, 6) is -0.918. The molecule has 0 rings (SSSR count). The maximum absolute atomic E-state index is 10.5. The van der Waals surface area contributed by atoms with E-state index in [-0.39, 0.29) is 12.8 Å². The van der Waals surface area contributed by atoms with Crippen LogP contribution in [-0.4, -0.2) is 27.6 Å². The second-order valence-electron chi connectivity index (χ2n) is 3.21. The molecule has 0 saturated carbocycles. The van der Waals surface area contributed by atoms with Crippen molar-refractivity contribution in [1.29, 1.82) is 0 Å². The molecule has 3 N–H and O–H groups in total. The maximum atomic E-state index is 10.5. The zero-order valence-electron chi connectivity index (χ0n) is 6.74. The predicted molar refractivity (Wildman–Crippen MR) is 38.9 cm³/mol. The van der Waals surface area contributed by atoms with Crippen molar-refractivity contribution in [2.45, 2.75) is 33.0 Å². The van der Waals surface area contributed by atoms with E-state index >= 15 is 0 Å². The summed E-state index contributed by atoms with van der Waals surface area (Å²) < 4.78 is 0. The van der Waals surface area contributed by atoms with Crippen LogP contribution >= 0.6 is 0 Å². The Morgan fingerprint density at radius 2 is 1.91 bits per heavy atom. The van der Waals surface area contributed by atoms with E-state index in [1.807, 2.05) is 0 Å². The number of carboxylic acid groups (broad SMARTS) is 1. The molecule has 0 aromatic rings. The van der Waals surface area contributed by atoms with Gasteiger partial charge in [0.25, 0.3) is 0 Å². The van der Waals surface area contributed by atoms with Gasteiger partial charge in [0.05, 0.1) is 5.41 Å². The molecule has 0 aliphatic heterocycles. The molecule has 0 unspecified atom stereocenters. The first kappa shape index (κ1) is 10.4. The van der Waals surface area contributed by atoms with Crippen LogP contribution in [-0.2, 0) is 4.79 Å². The molecule has 0 fully saturated rings. The van der Waals surface area contributed by atoms with Crippen molar-refractivity contribution in [3.8, 4) is 0 Å². The molecule has 0 spiro atoms. The van der Waals surface area contributed by atoms with Crippen molar-refractivity contribution in [2.24, 2.45) is 5.41 Å². The third kappa shape index (κ3) is 3.95. The third-order valence-corrected chi connectivity index (χ3v) is 1.61. The minimum Gasteiger partial charge on any atom is -0.481 e. The monoisotopic (exact) mass is 162 g/mol. The predicted octanol–water partition coefficient (Wildman–Crippen LogP) is 0.188. The maximum Gasteiger partial charge on any atom is 0.309 e. The largest absolute Gasteiger partial charge is 0.481 e. The van der Waals surface area contributed by atoms with Crippen LogP contribution in [0.3, 0.4) is 0 Å². The fraction of sp³-hybridized carbons (Fsp3) is 0.857. The number of aliphatic hydroxyl groups is 2. The van der Waals surface area contributed by atoms with E-state index in [1.165, 1.54) is 0 Å². The normalized spacial score (nSPS) is 12.1. The van der Waals surface area contributed by atoms with Crippen molar-refractivity contribution in [3.05, 3.63) is 0 Å².